The van der Waals surface area contributed by atoms with Crippen molar-refractivity contribution in [3.8, 4) is 11.5 Å². The van der Waals surface area contributed by atoms with E-state index in [4.69, 9.17) is 9.47 Å². The normalized spacial score (nSPS) is 12.1. The third-order valence-corrected chi connectivity index (χ3v) is 7.83. The number of hydrogen-bond donors (Lipinski definition) is 1. The number of sulfonamides is 1. The first-order valence-corrected chi connectivity index (χ1v) is 13.7. The van der Waals surface area contributed by atoms with Crippen LogP contribution in [0.5, 0.6) is 11.5 Å². The average molecular weight is 538 g/mol. The van der Waals surface area contributed by atoms with Crippen LogP contribution in [0.1, 0.15) is 37.5 Å². The molecule has 3 aromatic carbocycles. The molecule has 0 aromatic heterocycles. The Morgan fingerprint density at radius 3 is 2.21 bits per heavy atom. The van der Waals surface area contributed by atoms with Gasteiger partial charge in [-0.15, -0.1) is 0 Å². The van der Waals surface area contributed by atoms with Crippen molar-refractivity contribution in [3.05, 3.63) is 89.5 Å². The van der Waals surface area contributed by atoms with Gasteiger partial charge in [0.2, 0.25) is 10.0 Å². The molecule has 0 spiro atoms. The number of nitrogens with zero attached hydrogens (tertiary/aromatic N) is 2. The van der Waals surface area contributed by atoms with Gasteiger partial charge in [-0.05, 0) is 40.7 Å². The number of ether oxygens (including phenoxy) is 2. The molecule has 0 aliphatic rings. The van der Waals surface area contributed by atoms with Gasteiger partial charge in [-0.2, -0.15) is 9.41 Å². The van der Waals surface area contributed by atoms with E-state index in [1.165, 1.54) is 44.2 Å². The second-order valence-corrected chi connectivity index (χ2v) is 11.7. The Morgan fingerprint density at radius 2 is 1.61 bits per heavy atom. The van der Waals surface area contributed by atoms with Crippen molar-refractivity contribution in [1.82, 2.24) is 9.73 Å². The summed E-state index contributed by atoms with van der Waals surface area (Å²) in [5.41, 5.74) is 5.44. The first kappa shape index (κ1) is 28.9. The van der Waals surface area contributed by atoms with Gasteiger partial charge in [-0.25, -0.2) is 13.8 Å². The number of hydrazone groups is 1. The van der Waals surface area contributed by atoms with Crippen molar-refractivity contribution < 1.29 is 22.7 Å². The maximum Gasteiger partial charge on any atom is 0.255 e. The van der Waals surface area contributed by atoms with Gasteiger partial charge < -0.3 is 9.47 Å². The standard InChI is InChI=1S/C29H35N3O5S/c1-29(2,3)24-13-11-23(12-14-24)20-30-31-28(33)21-32(18-17-22-9-7-6-8-10-22)38(34,35)25-15-16-26(36-4)27(19-25)37-5/h6-16,19-20H,17-18,21H2,1-5H3,(H,31,33)/b30-20+. The molecule has 8 nitrogen and oxygen atoms in total. The van der Waals surface area contributed by atoms with E-state index in [0.717, 1.165) is 15.4 Å². The van der Waals surface area contributed by atoms with E-state index in [0.29, 0.717) is 12.2 Å². The summed E-state index contributed by atoms with van der Waals surface area (Å²) in [7, 11) is -1.13. The smallest absolute Gasteiger partial charge is 0.255 e. The summed E-state index contributed by atoms with van der Waals surface area (Å²) < 4.78 is 38.8. The van der Waals surface area contributed by atoms with Crippen LogP contribution in [0.4, 0.5) is 0 Å². The van der Waals surface area contributed by atoms with Gasteiger partial charge in [0.05, 0.1) is 31.9 Å². The molecule has 3 rings (SSSR count). The zero-order valence-corrected chi connectivity index (χ0v) is 23.3. The Morgan fingerprint density at radius 1 is 0.947 bits per heavy atom. The largest absolute Gasteiger partial charge is 0.493 e. The lowest BCUT2D eigenvalue weighted by molar-refractivity contribution is -0.121. The van der Waals surface area contributed by atoms with Crippen LogP contribution in [0.2, 0.25) is 0 Å². The third kappa shape index (κ3) is 7.66. The average Bonchev–Trinajstić information content (AvgIpc) is 2.90. The van der Waals surface area contributed by atoms with E-state index in [9.17, 15) is 13.2 Å². The van der Waals surface area contributed by atoms with Crippen LogP contribution < -0.4 is 14.9 Å². The highest BCUT2D eigenvalue weighted by Gasteiger charge is 2.27. The van der Waals surface area contributed by atoms with Crippen molar-refractivity contribution in [2.24, 2.45) is 5.10 Å². The van der Waals surface area contributed by atoms with Gasteiger partial charge in [0.15, 0.2) is 11.5 Å². The Hall–Kier alpha value is -3.69. The lowest BCUT2D eigenvalue weighted by Crippen LogP contribution is -2.40. The Kier molecular flexibility index (Phi) is 9.66. The Bertz CT molecular complexity index is 1350. The molecule has 0 aliphatic carbocycles. The number of amides is 1. The van der Waals surface area contributed by atoms with Crippen LogP contribution in [0.3, 0.4) is 0 Å². The Labute approximate surface area is 225 Å². The van der Waals surface area contributed by atoms with E-state index in [1.54, 1.807) is 0 Å². The summed E-state index contributed by atoms with van der Waals surface area (Å²) in [6.45, 7) is 6.11. The van der Waals surface area contributed by atoms with Crippen LogP contribution in [-0.4, -0.2) is 52.2 Å². The minimum atomic E-state index is -4.03. The quantitative estimate of drug-likeness (QED) is 0.289. The van der Waals surface area contributed by atoms with Crippen molar-refractivity contribution in [2.45, 2.75) is 37.5 Å². The summed E-state index contributed by atoms with van der Waals surface area (Å²) in [5, 5.41) is 4.03. The van der Waals surface area contributed by atoms with Gasteiger partial charge in [-0.1, -0.05) is 75.4 Å². The van der Waals surface area contributed by atoms with Gasteiger partial charge in [0.1, 0.15) is 0 Å². The molecular weight excluding hydrogens is 502 g/mol. The topological polar surface area (TPSA) is 97.3 Å². The summed E-state index contributed by atoms with van der Waals surface area (Å²) >= 11 is 0. The molecule has 38 heavy (non-hydrogen) atoms. The molecular formula is C29H35N3O5S. The molecule has 0 radical (unpaired) electrons. The van der Waals surface area contributed by atoms with Gasteiger partial charge in [-0.3, -0.25) is 4.79 Å². The lowest BCUT2D eigenvalue weighted by Gasteiger charge is -2.22. The molecule has 3 aromatic rings. The van der Waals surface area contributed by atoms with E-state index in [-0.39, 0.29) is 22.6 Å². The number of rotatable bonds is 11. The fourth-order valence-electron chi connectivity index (χ4n) is 3.75. The summed E-state index contributed by atoms with van der Waals surface area (Å²) in [4.78, 5) is 12.8. The highest BCUT2D eigenvalue weighted by molar-refractivity contribution is 7.89. The molecule has 1 N–H and O–H groups in total. The van der Waals surface area contributed by atoms with Gasteiger partial charge in [0, 0.05) is 12.6 Å². The minimum Gasteiger partial charge on any atom is -0.493 e. The third-order valence-electron chi connectivity index (χ3n) is 5.99. The first-order valence-electron chi connectivity index (χ1n) is 12.2. The van der Waals surface area contributed by atoms with E-state index >= 15 is 0 Å². The number of hydrogen-bond acceptors (Lipinski definition) is 6. The number of methoxy groups -OCH3 is 2. The number of carbonyl (C=O) groups is 1. The maximum atomic E-state index is 13.6. The molecule has 0 heterocycles. The highest BCUT2D eigenvalue weighted by atomic mass is 32.2. The van der Waals surface area contributed by atoms with Gasteiger partial charge in [0.25, 0.3) is 5.91 Å². The molecule has 1 amide bonds. The fourth-order valence-corrected chi connectivity index (χ4v) is 5.17. The second kappa shape index (κ2) is 12.7. The van der Waals surface area contributed by atoms with E-state index in [1.807, 2.05) is 54.6 Å². The van der Waals surface area contributed by atoms with Crippen LogP contribution >= 0.6 is 0 Å². The molecule has 0 atom stereocenters. The summed E-state index contributed by atoms with van der Waals surface area (Å²) in [6.07, 6.45) is 1.96. The van der Waals surface area contributed by atoms with Crippen LogP contribution in [0, 0.1) is 0 Å². The number of benzene rings is 3. The molecule has 0 fully saturated rings. The van der Waals surface area contributed by atoms with Crippen molar-refractivity contribution in [3.63, 3.8) is 0 Å². The number of carbonyl (C=O) groups excluding carboxylic acids is 1. The van der Waals surface area contributed by atoms with E-state index < -0.39 is 22.5 Å². The molecule has 202 valence electrons. The first-order chi connectivity index (χ1) is 18.0. The molecule has 0 aliphatic heterocycles. The monoisotopic (exact) mass is 537 g/mol. The SMILES string of the molecule is COc1ccc(S(=O)(=O)N(CCc2ccccc2)CC(=O)N/N=C/c2ccc(C(C)(C)C)cc2)cc1OC. The zero-order chi connectivity index (χ0) is 27.8. The molecule has 9 heteroatoms. The lowest BCUT2D eigenvalue weighted by atomic mass is 9.87. The van der Waals surface area contributed by atoms with Crippen LogP contribution in [0.15, 0.2) is 82.8 Å². The Balaban J connectivity index is 1.77. The molecule has 0 saturated heterocycles. The van der Waals surface area contributed by atoms with E-state index in [2.05, 4.69) is 31.3 Å². The second-order valence-electron chi connectivity index (χ2n) is 9.76. The van der Waals surface area contributed by atoms with Crippen molar-refractivity contribution in [2.75, 3.05) is 27.3 Å². The molecule has 0 saturated carbocycles. The van der Waals surface area contributed by atoms with Crippen molar-refractivity contribution in [1.29, 1.82) is 0 Å². The fraction of sp³-hybridized carbons (Fsp3) is 0.310. The minimum absolute atomic E-state index is 0.00143. The predicted molar refractivity (Wildman–Crippen MR) is 149 cm³/mol. The summed E-state index contributed by atoms with van der Waals surface area (Å²) in [5.74, 6) is 0.137. The predicted octanol–water partition coefficient (Wildman–Crippen LogP) is 4.39. The van der Waals surface area contributed by atoms with Crippen LogP contribution in [-0.2, 0) is 26.7 Å². The van der Waals surface area contributed by atoms with Crippen LogP contribution in [0.25, 0.3) is 0 Å². The van der Waals surface area contributed by atoms with Crippen molar-refractivity contribution >= 4 is 22.1 Å². The molecule has 0 bridgehead atoms. The maximum absolute atomic E-state index is 13.6. The summed E-state index contributed by atoms with van der Waals surface area (Å²) in [6, 6.07) is 21.7. The molecule has 0 unspecified atom stereocenters. The zero-order valence-electron chi connectivity index (χ0n) is 22.5. The highest BCUT2D eigenvalue weighted by Crippen LogP contribution is 2.30. The van der Waals surface area contributed by atoms with Gasteiger partial charge >= 0.3 is 0 Å². The number of nitrogens with one attached hydrogen (secondary N) is 1.